The molecule has 0 aromatic rings. The van der Waals surface area contributed by atoms with Gasteiger partial charge in [0.1, 0.15) is 5.60 Å². The molecule has 0 saturated carbocycles. The largest absolute Gasteiger partial charge is 0.465 e. The van der Waals surface area contributed by atoms with Gasteiger partial charge in [0.2, 0.25) is 0 Å². The molecule has 0 aliphatic carbocycles. The number of nitrogens with zero attached hydrogens (tertiary/aromatic N) is 1. The monoisotopic (exact) mass is 877 g/mol. The third kappa shape index (κ3) is 34.6. The number of rotatable bonds is 41. The van der Waals surface area contributed by atoms with E-state index in [1.807, 2.05) is 25.7 Å². The van der Waals surface area contributed by atoms with Crippen LogP contribution in [0.3, 0.4) is 0 Å². The number of unbranched alkanes of at least 4 members (excludes halogenated alkanes) is 18. The van der Waals surface area contributed by atoms with Crippen LogP contribution in [0.15, 0.2) is 0 Å². The zero-order chi connectivity index (χ0) is 45.5. The molecule has 1 amide bonds. The Morgan fingerprint density at radius 3 is 1.31 bits per heavy atom. The highest BCUT2D eigenvalue weighted by molar-refractivity contribution is 5.69. The first kappa shape index (κ1) is 58.2. The van der Waals surface area contributed by atoms with Gasteiger partial charge in [0.25, 0.3) is 0 Å². The Morgan fingerprint density at radius 1 is 0.516 bits per heavy atom. The van der Waals surface area contributed by atoms with Crippen LogP contribution in [0, 0.1) is 17.8 Å². The van der Waals surface area contributed by atoms with Crippen molar-refractivity contribution in [2.75, 3.05) is 32.8 Å². The van der Waals surface area contributed by atoms with Gasteiger partial charge in [-0.3, -0.25) is 9.59 Å². The topological polar surface area (TPSA) is 94.2 Å². The quantitative estimate of drug-likeness (QED) is 0.0371. The van der Waals surface area contributed by atoms with E-state index in [9.17, 15) is 14.4 Å². The van der Waals surface area contributed by atoms with Crippen molar-refractivity contribution in [2.24, 2.45) is 17.8 Å². The molecule has 0 aromatic heterocycles. The zero-order valence-corrected chi connectivity index (χ0v) is 42.3. The van der Waals surface area contributed by atoms with Crippen LogP contribution < -0.4 is 5.32 Å². The van der Waals surface area contributed by atoms with Crippen molar-refractivity contribution in [3.05, 3.63) is 0 Å². The number of likely N-dealkylation sites (tertiary alicyclic amines) is 1. The molecule has 0 aromatic carbocycles. The van der Waals surface area contributed by atoms with E-state index in [0.717, 1.165) is 58.2 Å². The third-order valence-corrected chi connectivity index (χ3v) is 13.2. The summed E-state index contributed by atoms with van der Waals surface area (Å²) in [4.78, 5) is 39.5. The number of carbonyl (C=O) groups is 3. The molecule has 62 heavy (non-hydrogen) atoms. The minimum absolute atomic E-state index is 0.000877. The number of piperidine rings is 1. The summed E-state index contributed by atoms with van der Waals surface area (Å²) in [5.41, 5.74) is -0.458. The van der Waals surface area contributed by atoms with Crippen LogP contribution in [0.25, 0.3) is 0 Å². The van der Waals surface area contributed by atoms with Crippen molar-refractivity contribution in [1.82, 2.24) is 10.2 Å². The second-order valence-corrected chi connectivity index (χ2v) is 20.4. The van der Waals surface area contributed by atoms with E-state index in [-0.39, 0.29) is 18.0 Å². The van der Waals surface area contributed by atoms with Crippen LogP contribution >= 0.6 is 0 Å². The van der Waals surface area contributed by atoms with Crippen molar-refractivity contribution in [3.8, 4) is 0 Å². The van der Waals surface area contributed by atoms with Crippen molar-refractivity contribution in [2.45, 2.75) is 278 Å². The number of ether oxygens (including phenoxy) is 3. The molecular weight excluding hydrogens is 773 g/mol. The SMILES string of the molecule is CCCCCCC(CCCC)COC(=O)CCCCCCCCC(CCCCCCCCC(=O)OCC(CCCC)CCCCCC)NCC1CCN(C(=O)OC(C)(C)C)CC1. The van der Waals surface area contributed by atoms with E-state index in [2.05, 4.69) is 33.0 Å². The van der Waals surface area contributed by atoms with E-state index in [1.54, 1.807) is 0 Å². The fourth-order valence-corrected chi connectivity index (χ4v) is 8.96. The highest BCUT2D eigenvalue weighted by Gasteiger charge is 2.27. The van der Waals surface area contributed by atoms with Gasteiger partial charge in [-0.2, -0.15) is 0 Å². The molecule has 1 aliphatic heterocycles. The fraction of sp³-hybridized carbons (Fsp3) is 0.944. The van der Waals surface area contributed by atoms with Crippen molar-refractivity contribution in [3.63, 3.8) is 0 Å². The van der Waals surface area contributed by atoms with Crippen LogP contribution in [0.4, 0.5) is 4.79 Å². The van der Waals surface area contributed by atoms with Crippen LogP contribution in [-0.4, -0.2) is 67.4 Å². The van der Waals surface area contributed by atoms with E-state index < -0.39 is 5.60 Å². The second-order valence-electron chi connectivity index (χ2n) is 20.4. The normalized spacial score (nSPS) is 15.0. The summed E-state index contributed by atoms with van der Waals surface area (Å²) < 4.78 is 17.1. The Hall–Kier alpha value is -1.83. The first-order valence-corrected chi connectivity index (χ1v) is 27.0. The van der Waals surface area contributed by atoms with Crippen molar-refractivity contribution < 1.29 is 28.6 Å². The number of nitrogens with one attached hydrogen (secondary N) is 1. The van der Waals surface area contributed by atoms with Gasteiger partial charge in [-0.25, -0.2) is 4.79 Å². The summed E-state index contributed by atoms with van der Waals surface area (Å²) in [5, 5.41) is 3.98. The van der Waals surface area contributed by atoms with Gasteiger partial charge in [-0.15, -0.1) is 0 Å². The summed E-state index contributed by atoms with van der Waals surface area (Å²) in [6.07, 6.45) is 39.2. The molecule has 1 rings (SSSR count). The van der Waals surface area contributed by atoms with Gasteiger partial charge in [-0.05, 0) is 109 Å². The number of hydrogen-bond acceptors (Lipinski definition) is 7. The second kappa shape index (κ2) is 39.5. The maximum atomic E-state index is 12.6. The molecule has 1 N–H and O–H groups in total. The minimum Gasteiger partial charge on any atom is -0.465 e. The standard InChI is InChI=1S/C54H104N2O6/c1-8-12-16-26-34-48(32-14-10-3)45-60-51(57)38-30-24-20-18-22-28-36-50(55-44-47-40-42-56(43-41-47)53(59)62-54(5,6)7)37-29-23-19-21-25-31-39-52(58)61-46-49(33-15-11-4)35-27-17-13-9-2/h47-50,55H,8-46H2,1-7H3. The first-order valence-electron chi connectivity index (χ1n) is 27.0. The number of hydrogen-bond donors (Lipinski definition) is 1. The molecule has 1 fully saturated rings. The summed E-state index contributed by atoms with van der Waals surface area (Å²) in [7, 11) is 0. The van der Waals surface area contributed by atoms with Gasteiger partial charge >= 0.3 is 18.0 Å². The molecule has 2 atom stereocenters. The lowest BCUT2D eigenvalue weighted by molar-refractivity contribution is -0.146. The average Bonchev–Trinajstić information content (AvgIpc) is 3.25. The molecule has 1 heterocycles. The molecule has 0 spiro atoms. The Balaban J connectivity index is 2.39. The van der Waals surface area contributed by atoms with Gasteiger partial charge in [0, 0.05) is 32.0 Å². The Labute approximate surface area is 384 Å². The smallest absolute Gasteiger partial charge is 0.410 e. The summed E-state index contributed by atoms with van der Waals surface area (Å²) in [6, 6.07) is 0.531. The molecule has 0 bridgehead atoms. The maximum absolute atomic E-state index is 12.6. The lowest BCUT2D eigenvalue weighted by Gasteiger charge is -2.34. The molecule has 366 valence electrons. The van der Waals surface area contributed by atoms with Crippen LogP contribution in [-0.2, 0) is 23.8 Å². The summed E-state index contributed by atoms with van der Waals surface area (Å²) >= 11 is 0. The number of esters is 2. The van der Waals surface area contributed by atoms with Crippen molar-refractivity contribution >= 4 is 18.0 Å². The molecule has 8 heteroatoms. The highest BCUT2D eigenvalue weighted by atomic mass is 16.6. The zero-order valence-electron chi connectivity index (χ0n) is 42.3. The molecule has 1 saturated heterocycles. The van der Waals surface area contributed by atoms with Crippen LogP contribution in [0.2, 0.25) is 0 Å². The fourth-order valence-electron chi connectivity index (χ4n) is 8.96. The Morgan fingerprint density at radius 2 is 0.887 bits per heavy atom. The summed E-state index contributed by atoms with van der Waals surface area (Å²) in [5.74, 6) is 1.65. The number of carbonyl (C=O) groups excluding carboxylic acids is 3. The minimum atomic E-state index is -0.458. The van der Waals surface area contributed by atoms with Gasteiger partial charge in [0.15, 0.2) is 0 Å². The van der Waals surface area contributed by atoms with Crippen LogP contribution in [0.1, 0.15) is 267 Å². The van der Waals surface area contributed by atoms with E-state index in [4.69, 9.17) is 14.2 Å². The van der Waals surface area contributed by atoms with Gasteiger partial charge in [0.05, 0.1) is 13.2 Å². The molecule has 8 nitrogen and oxygen atoms in total. The maximum Gasteiger partial charge on any atom is 0.410 e. The van der Waals surface area contributed by atoms with E-state index in [1.165, 1.54) is 167 Å². The molecular formula is C54H104N2O6. The molecule has 1 aliphatic rings. The van der Waals surface area contributed by atoms with Gasteiger partial charge < -0.3 is 24.4 Å². The first-order chi connectivity index (χ1) is 30.0. The van der Waals surface area contributed by atoms with E-state index >= 15 is 0 Å². The highest BCUT2D eigenvalue weighted by Crippen LogP contribution is 2.23. The predicted octanol–water partition coefficient (Wildman–Crippen LogP) is 15.5. The van der Waals surface area contributed by atoms with Gasteiger partial charge in [-0.1, -0.05) is 169 Å². The summed E-state index contributed by atoms with van der Waals surface area (Å²) in [6.45, 7) is 18.6. The Kier molecular flexibility index (Phi) is 37.1. The average molecular weight is 877 g/mol. The molecule has 0 radical (unpaired) electrons. The van der Waals surface area contributed by atoms with E-state index in [0.29, 0.717) is 49.9 Å². The molecule has 2 unspecified atom stereocenters. The predicted molar refractivity (Wildman–Crippen MR) is 262 cm³/mol. The third-order valence-electron chi connectivity index (χ3n) is 13.2. The Bertz CT molecular complexity index is 998. The van der Waals surface area contributed by atoms with Crippen molar-refractivity contribution in [1.29, 1.82) is 0 Å². The lowest BCUT2D eigenvalue weighted by atomic mass is 9.95. The number of amides is 1. The lowest BCUT2D eigenvalue weighted by Crippen LogP contribution is -2.44. The van der Waals surface area contributed by atoms with Crippen LogP contribution in [0.5, 0.6) is 0 Å².